The molecule has 0 aromatic heterocycles. The predicted octanol–water partition coefficient (Wildman–Crippen LogP) is 2.09. The summed E-state index contributed by atoms with van der Waals surface area (Å²) >= 11 is 0. The molecule has 3 fully saturated rings. The summed E-state index contributed by atoms with van der Waals surface area (Å²) in [6.45, 7) is 1.82. The van der Waals surface area contributed by atoms with Gasteiger partial charge in [-0.05, 0) is 43.9 Å². The monoisotopic (exact) mass is 253 g/mol. The highest BCUT2D eigenvalue weighted by Crippen LogP contribution is 2.41. The summed E-state index contributed by atoms with van der Waals surface area (Å²) in [6, 6.07) is 0.646. The molecule has 2 N–H and O–H groups in total. The van der Waals surface area contributed by atoms with Crippen LogP contribution in [-0.2, 0) is 4.74 Å². The lowest BCUT2D eigenvalue weighted by Crippen LogP contribution is -2.55. The minimum Gasteiger partial charge on any atom is -0.394 e. The van der Waals surface area contributed by atoms with Crippen LogP contribution in [-0.4, -0.2) is 36.5 Å². The van der Waals surface area contributed by atoms with Crippen molar-refractivity contribution in [3.8, 4) is 0 Å². The van der Waals surface area contributed by atoms with E-state index in [0.29, 0.717) is 18.6 Å². The third-order valence-electron chi connectivity index (χ3n) is 4.96. The molecule has 0 spiro atoms. The molecule has 3 rings (SSSR count). The topological polar surface area (TPSA) is 41.5 Å². The van der Waals surface area contributed by atoms with Crippen LogP contribution in [0.4, 0.5) is 0 Å². The minimum absolute atomic E-state index is 0.124. The zero-order valence-electron chi connectivity index (χ0n) is 11.4. The Morgan fingerprint density at radius 1 is 1.11 bits per heavy atom. The van der Waals surface area contributed by atoms with Gasteiger partial charge >= 0.3 is 0 Å². The molecule has 0 aliphatic heterocycles. The first-order valence-corrected chi connectivity index (χ1v) is 7.79. The summed E-state index contributed by atoms with van der Waals surface area (Å²) in [4.78, 5) is 0. The molecule has 3 saturated carbocycles. The summed E-state index contributed by atoms with van der Waals surface area (Å²) in [5.74, 6) is 1.57. The molecule has 0 heterocycles. The summed E-state index contributed by atoms with van der Waals surface area (Å²) < 4.78 is 5.90. The molecule has 0 saturated heterocycles. The maximum absolute atomic E-state index is 9.79. The Labute approximate surface area is 110 Å². The van der Waals surface area contributed by atoms with Crippen LogP contribution in [0.15, 0.2) is 0 Å². The van der Waals surface area contributed by atoms with Gasteiger partial charge in [0.15, 0.2) is 0 Å². The first-order valence-electron chi connectivity index (χ1n) is 7.79. The number of hydrogen-bond acceptors (Lipinski definition) is 3. The fourth-order valence-corrected chi connectivity index (χ4v) is 3.05. The maximum atomic E-state index is 9.79. The molecule has 18 heavy (non-hydrogen) atoms. The summed E-state index contributed by atoms with van der Waals surface area (Å²) in [6.07, 6.45) is 10.5. The Balaban J connectivity index is 1.42. The molecule has 1 atom stereocenters. The van der Waals surface area contributed by atoms with E-state index in [9.17, 15) is 5.11 Å². The molecular formula is C15H27NO2. The van der Waals surface area contributed by atoms with E-state index in [4.69, 9.17) is 4.74 Å². The first kappa shape index (κ1) is 12.9. The van der Waals surface area contributed by atoms with Crippen LogP contribution >= 0.6 is 0 Å². The van der Waals surface area contributed by atoms with Gasteiger partial charge in [-0.2, -0.15) is 0 Å². The standard InChI is InChI=1S/C15H27NO2/c17-10-15(13-4-5-13,16-14-6-7-14)11-18-9-8-12-2-1-3-12/h12-14,16-17H,1-11H2. The van der Waals surface area contributed by atoms with E-state index >= 15 is 0 Å². The first-order chi connectivity index (χ1) is 8.82. The second-order valence-electron chi connectivity index (χ2n) is 6.65. The number of aliphatic hydroxyl groups excluding tert-OH is 1. The number of aliphatic hydroxyl groups is 1. The van der Waals surface area contributed by atoms with Crippen molar-refractivity contribution in [1.82, 2.24) is 5.32 Å². The maximum Gasteiger partial charge on any atom is 0.0681 e. The van der Waals surface area contributed by atoms with Crippen LogP contribution in [0.25, 0.3) is 0 Å². The van der Waals surface area contributed by atoms with Crippen molar-refractivity contribution < 1.29 is 9.84 Å². The van der Waals surface area contributed by atoms with Crippen molar-refractivity contribution >= 4 is 0 Å². The Kier molecular flexibility index (Phi) is 3.92. The smallest absolute Gasteiger partial charge is 0.0681 e. The Morgan fingerprint density at radius 2 is 1.89 bits per heavy atom. The summed E-state index contributed by atoms with van der Waals surface area (Å²) in [5, 5.41) is 13.4. The van der Waals surface area contributed by atoms with Gasteiger partial charge in [-0.25, -0.2) is 0 Å². The minimum atomic E-state index is -0.124. The zero-order chi connectivity index (χ0) is 12.4. The average Bonchev–Trinajstić information content (AvgIpc) is 3.16. The third-order valence-corrected chi connectivity index (χ3v) is 4.96. The Morgan fingerprint density at radius 3 is 2.39 bits per heavy atom. The van der Waals surface area contributed by atoms with Gasteiger partial charge in [-0.3, -0.25) is 0 Å². The Hall–Kier alpha value is -0.120. The molecule has 3 aliphatic rings. The third kappa shape index (κ3) is 3.06. The van der Waals surface area contributed by atoms with Gasteiger partial charge in [0.05, 0.1) is 18.8 Å². The van der Waals surface area contributed by atoms with Crippen molar-refractivity contribution in [3.05, 3.63) is 0 Å². The van der Waals surface area contributed by atoms with Crippen molar-refractivity contribution in [3.63, 3.8) is 0 Å². The average molecular weight is 253 g/mol. The molecule has 0 amide bonds. The molecule has 0 aromatic rings. The van der Waals surface area contributed by atoms with E-state index in [-0.39, 0.29) is 12.1 Å². The van der Waals surface area contributed by atoms with Gasteiger partial charge in [0.2, 0.25) is 0 Å². The molecule has 3 nitrogen and oxygen atoms in total. The van der Waals surface area contributed by atoms with E-state index in [1.165, 1.54) is 51.4 Å². The van der Waals surface area contributed by atoms with E-state index in [1.807, 2.05) is 0 Å². The van der Waals surface area contributed by atoms with Gasteiger partial charge < -0.3 is 15.2 Å². The summed E-state index contributed by atoms with van der Waals surface area (Å²) in [5.41, 5.74) is -0.124. The van der Waals surface area contributed by atoms with E-state index in [0.717, 1.165) is 12.5 Å². The van der Waals surface area contributed by atoms with E-state index < -0.39 is 0 Å². The Bertz CT molecular complexity index is 272. The van der Waals surface area contributed by atoms with Crippen molar-refractivity contribution in [2.45, 2.75) is 62.9 Å². The summed E-state index contributed by atoms with van der Waals surface area (Å²) in [7, 11) is 0. The normalized spacial score (nSPS) is 27.8. The molecule has 3 aliphatic carbocycles. The van der Waals surface area contributed by atoms with E-state index in [2.05, 4.69) is 5.32 Å². The quantitative estimate of drug-likeness (QED) is 0.618. The van der Waals surface area contributed by atoms with Crippen molar-refractivity contribution in [1.29, 1.82) is 0 Å². The van der Waals surface area contributed by atoms with Gasteiger partial charge in [0.1, 0.15) is 0 Å². The van der Waals surface area contributed by atoms with E-state index in [1.54, 1.807) is 0 Å². The van der Waals surface area contributed by atoms with Crippen molar-refractivity contribution in [2.24, 2.45) is 11.8 Å². The highest BCUT2D eigenvalue weighted by molar-refractivity contribution is 5.04. The largest absolute Gasteiger partial charge is 0.394 e. The van der Waals surface area contributed by atoms with Crippen LogP contribution in [0.1, 0.15) is 51.4 Å². The van der Waals surface area contributed by atoms with Crippen LogP contribution in [0.5, 0.6) is 0 Å². The predicted molar refractivity (Wildman–Crippen MR) is 71.5 cm³/mol. The number of ether oxygens (including phenoxy) is 1. The molecule has 3 heteroatoms. The highest BCUT2D eigenvalue weighted by Gasteiger charge is 2.47. The van der Waals surface area contributed by atoms with Gasteiger partial charge in [0.25, 0.3) is 0 Å². The van der Waals surface area contributed by atoms with Crippen LogP contribution < -0.4 is 5.32 Å². The van der Waals surface area contributed by atoms with Gasteiger partial charge in [0, 0.05) is 12.6 Å². The van der Waals surface area contributed by atoms with Crippen LogP contribution in [0, 0.1) is 11.8 Å². The second kappa shape index (κ2) is 5.48. The zero-order valence-corrected chi connectivity index (χ0v) is 11.4. The number of nitrogens with one attached hydrogen (secondary N) is 1. The number of rotatable bonds is 9. The molecular weight excluding hydrogens is 226 g/mol. The highest BCUT2D eigenvalue weighted by atomic mass is 16.5. The fraction of sp³-hybridized carbons (Fsp3) is 1.00. The molecule has 0 bridgehead atoms. The lowest BCUT2D eigenvalue weighted by atomic mass is 9.83. The van der Waals surface area contributed by atoms with Gasteiger partial charge in [-0.1, -0.05) is 19.3 Å². The lowest BCUT2D eigenvalue weighted by molar-refractivity contribution is 0.0146. The molecule has 0 radical (unpaired) electrons. The fourth-order valence-electron chi connectivity index (χ4n) is 3.05. The van der Waals surface area contributed by atoms with Crippen molar-refractivity contribution in [2.75, 3.05) is 19.8 Å². The number of hydrogen-bond donors (Lipinski definition) is 2. The molecule has 0 aromatic carbocycles. The van der Waals surface area contributed by atoms with Crippen LogP contribution in [0.3, 0.4) is 0 Å². The SMILES string of the molecule is OCC(COCCC1CCC1)(NC1CC1)C1CC1. The lowest BCUT2D eigenvalue weighted by Gasteiger charge is -2.34. The van der Waals surface area contributed by atoms with Crippen LogP contribution in [0.2, 0.25) is 0 Å². The molecule has 104 valence electrons. The second-order valence-corrected chi connectivity index (χ2v) is 6.65. The molecule has 1 unspecified atom stereocenters. The van der Waals surface area contributed by atoms with Gasteiger partial charge in [-0.15, -0.1) is 0 Å².